The highest BCUT2D eigenvalue weighted by atomic mass is 19.1. The third kappa shape index (κ3) is 2.84. The number of benzene rings is 1. The minimum Gasteiger partial charge on any atom is -0.398 e. The van der Waals surface area contributed by atoms with Gasteiger partial charge in [0.25, 0.3) is 0 Å². The predicted octanol–water partition coefficient (Wildman–Crippen LogP) is 2.31. The number of halogens is 1. The Morgan fingerprint density at radius 2 is 1.87 bits per heavy atom. The van der Waals surface area contributed by atoms with Crippen LogP contribution in [0.2, 0.25) is 0 Å². The third-order valence-corrected chi connectivity index (χ3v) is 3.56. The van der Waals surface area contributed by atoms with Gasteiger partial charge in [-0.15, -0.1) is 0 Å². The molecule has 6 heteroatoms. The highest BCUT2D eigenvalue weighted by Crippen LogP contribution is 2.24. The number of imidazole rings is 1. The molecule has 0 aliphatic rings. The molecular weight excluding hydrogens is 295 g/mol. The van der Waals surface area contributed by atoms with Crippen LogP contribution in [-0.2, 0) is 0 Å². The smallest absolute Gasteiger partial charge is 0.136 e. The number of hydrogen-bond donors (Lipinski definition) is 3. The van der Waals surface area contributed by atoms with E-state index in [1.807, 2.05) is 0 Å². The number of rotatable bonds is 4. The molecule has 0 spiro atoms. The Morgan fingerprint density at radius 3 is 2.57 bits per heavy atom. The van der Waals surface area contributed by atoms with E-state index >= 15 is 0 Å². The summed E-state index contributed by atoms with van der Waals surface area (Å²) in [6, 6.07) is 9.30. The molecule has 1 aromatic carbocycles. The largest absolute Gasteiger partial charge is 0.398 e. The van der Waals surface area contributed by atoms with E-state index in [1.165, 1.54) is 12.1 Å². The Kier molecular flexibility index (Phi) is 3.91. The van der Waals surface area contributed by atoms with Crippen molar-refractivity contribution in [1.82, 2.24) is 9.38 Å². The van der Waals surface area contributed by atoms with Crippen LogP contribution in [0.3, 0.4) is 0 Å². The number of nitrogens with two attached hydrogens (primary N) is 1. The second-order valence-electron chi connectivity index (χ2n) is 5.04. The van der Waals surface area contributed by atoms with Gasteiger partial charge in [-0.25, -0.2) is 9.37 Å². The van der Waals surface area contributed by atoms with E-state index in [2.05, 4.69) is 4.98 Å². The van der Waals surface area contributed by atoms with Gasteiger partial charge in [0.2, 0.25) is 0 Å². The summed E-state index contributed by atoms with van der Waals surface area (Å²) in [4.78, 5) is 4.17. The maximum Gasteiger partial charge on any atom is 0.136 e. The molecule has 0 amide bonds. The summed E-state index contributed by atoms with van der Waals surface area (Å²) in [5, 5.41) is 17.4. The van der Waals surface area contributed by atoms with Crippen LogP contribution in [0.25, 0.3) is 16.9 Å². The highest BCUT2D eigenvalue weighted by molar-refractivity contribution is 6.29. The zero-order chi connectivity index (χ0) is 16.4. The fraction of sp³-hybridized carbons (Fsp3) is 0.0588. The fourth-order valence-corrected chi connectivity index (χ4v) is 2.41. The van der Waals surface area contributed by atoms with Gasteiger partial charge in [0.05, 0.1) is 12.3 Å². The zero-order valence-corrected chi connectivity index (χ0v) is 12.2. The molecular formula is C17H15FN4O. The number of aliphatic hydroxyl groups excluding tert-OH is 1. The van der Waals surface area contributed by atoms with E-state index in [0.717, 1.165) is 5.65 Å². The average molecular weight is 310 g/mol. The van der Waals surface area contributed by atoms with Crippen molar-refractivity contribution in [2.45, 2.75) is 0 Å². The van der Waals surface area contributed by atoms with Crippen LogP contribution in [0.5, 0.6) is 0 Å². The molecule has 0 saturated carbocycles. The monoisotopic (exact) mass is 310 g/mol. The van der Waals surface area contributed by atoms with E-state index in [-0.39, 0.29) is 11.5 Å². The molecule has 0 fully saturated rings. The minimum absolute atomic E-state index is 0.00806. The number of aromatic nitrogens is 2. The lowest BCUT2D eigenvalue weighted by atomic mass is 9.97. The summed E-state index contributed by atoms with van der Waals surface area (Å²) in [7, 11) is 0. The van der Waals surface area contributed by atoms with Gasteiger partial charge in [-0.2, -0.15) is 0 Å². The molecule has 0 bridgehead atoms. The normalized spacial score (nSPS) is 12.3. The maximum absolute atomic E-state index is 13.1. The molecule has 0 saturated heterocycles. The van der Waals surface area contributed by atoms with Gasteiger partial charge in [-0.3, -0.25) is 0 Å². The molecule has 3 aromatic rings. The topological polar surface area (TPSA) is 87.4 Å². The van der Waals surface area contributed by atoms with Crippen LogP contribution < -0.4 is 5.73 Å². The lowest BCUT2D eigenvalue weighted by molar-refractivity contribution is 0.358. The Hall–Kier alpha value is -2.99. The van der Waals surface area contributed by atoms with E-state index in [4.69, 9.17) is 11.1 Å². The van der Waals surface area contributed by atoms with Crippen molar-refractivity contribution in [2.75, 3.05) is 6.61 Å². The Morgan fingerprint density at radius 1 is 1.17 bits per heavy atom. The summed E-state index contributed by atoms with van der Waals surface area (Å²) in [6.45, 7) is -0.445. The maximum atomic E-state index is 13.1. The first kappa shape index (κ1) is 14.9. The Bertz CT molecular complexity index is 896. The molecule has 2 heterocycles. The van der Waals surface area contributed by atoms with Crippen LogP contribution >= 0.6 is 0 Å². The summed E-state index contributed by atoms with van der Waals surface area (Å²) in [6.07, 6.45) is 5.24. The van der Waals surface area contributed by atoms with Crippen molar-refractivity contribution in [3.05, 3.63) is 71.9 Å². The first-order valence-corrected chi connectivity index (χ1v) is 6.97. The standard InChI is InChI=1S/C17H15FN4O/c18-13-4-1-11(2-5-13)17(20)16(14(19)10-23)12-3-6-15-21-7-8-22(15)9-12/h1-9,19,23H,10,20H2. The van der Waals surface area contributed by atoms with E-state index in [1.54, 1.807) is 47.3 Å². The van der Waals surface area contributed by atoms with Gasteiger partial charge < -0.3 is 20.7 Å². The molecule has 4 N–H and O–H groups in total. The number of aliphatic hydroxyl groups is 1. The van der Waals surface area contributed by atoms with Crippen molar-refractivity contribution >= 4 is 22.6 Å². The first-order chi connectivity index (χ1) is 11.1. The van der Waals surface area contributed by atoms with Gasteiger partial charge in [0.15, 0.2) is 0 Å². The van der Waals surface area contributed by atoms with Crippen LogP contribution in [0, 0.1) is 11.2 Å². The van der Waals surface area contributed by atoms with Gasteiger partial charge in [0, 0.05) is 35.4 Å². The summed E-state index contributed by atoms with van der Waals surface area (Å²) >= 11 is 0. The van der Waals surface area contributed by atoms with E-state index in [9.17, 15) is 9.50 Å². The number of nitrogens with one attached hydrogen (secondary N) is 1. The molecule has 2 aromatic heterocycles. The molecule has 0 aliphatic heterocycles. The van der Waals surface area contributed by atoms with Crippen molar-refractivity contribution in [3.63, 3.8) is 0 Å². The third-order valence-electron chi connectivity index (χ3n) is 3.56. The van der Waals surface area contributed by atoms with Gasteiger partial charge >= 0.3 is 0 Å². The SMILES string of the molecule is N=C(CO)C(=C(N)c1ccc(F)cc1)c1ccc2nccn2c1. The summed E-state index contributed by atoms with van der Waals surface area (Å²) < 4.78 is 14.9. The number of fused-ring (bicyclic) bond motifs is 1. The zero-order valence-electron chi connectivity index (χ0n) is 12.2. The first-order valence-electron chi connectivity index (χ1n) is 6.97. The van der Waals surface area contributed by atoms with Crippen LogP contribution in [0.15, 0.2) is 55.0 Å². The van der Waals surface area contributed by atoms with Crippen LogP contribution in [-0.4, -0.2) is 26.8 Å². The Balaban J connectivity index is 2.18. The highest BCUT2D eigenvalue weighted by Gasteiger charge is 2.14. The molecule has 5 nitrogen and oxygen atoms in total. The van der Waals surface area contributed by atoms with Gasteiger partial charge in [-0.05, 0) is 42.0 Å². The quantitative estimate of drug-likeness (QED) is 0.646. The molecule has 0 atom stereocenters. The average Bonchev–Trinajstić information content (AvgIpc) is 3.03. The minimum atomic E-state index is -0.445. The predicted molar refractivity (Wildman–Crippen MR) is 87.4 cm³/mol. The molecule has 3 rings (SSSR count). The van der Waals surface area contributed by atoms with Crippen molar-refractivity contribution in [3.8, 4) is 0 Å². The van der Waals surface area contributed by atoms with Gasteiger partial charge in [-0.1, -0.05) is 0 Å². The van der Waals surface area contributed by atoms with Crippen LogP contribution in [0.1, 0.15) is 11.1 Å². The molecule has 0 unspecified atom stereocenters. The van der Waals surface area contributed by atoms with Crippen molar-refractivity contribution < 1.29 is 9.50 Å². The molecule has 23 heavy (non-hydrogen) atoms. The molecule has 0 aliphatic carbocycles. The van der Waals surface area contributed by atoms with Crippen LogP contribution in [0.4, 0.5) is 4.39 Å². The lowest BCUT2D eigenvalue weighted by Gasteiger charge is -2.13. The summed E-state index contributed by atoms with van der Waals surface area (Å²) in [5.41, 5.74) is 8.94. The Labute approximate surface area is 132 Å². The molecule has 116 valence electrons. The molecule has 0 radical (unpaired) electrons. The lowest BCUT2D eigenvalue weighted by Crippen LogP contribution is -2.12. The van der Waals surface area contributed by atoms with Crippen molar-refractivity contribution in [1.29, 1.82) is 5.41 Å². The van der Waals surface area contributed by atoms with E-state index < -0.39 is 6.61 Å². The van der Waals surface area contributed by atoms with E-state index in [0.29, 0.717) is 22.4 Å². The second kappa shape index (κ2) is 6.02. The number of pyridine rings is 1. The van der Waals surface area contributed by atoms with Gasteiger partial charge in [0.1, 0.15) is 11.5 Å². The number of nitrogens with zero attached hydrogens (tertiary/aromatic N) is 2. The second-order valence-corrected chi connectivity index (χ2v) is 5.04. The van der Waals surface area contributed by atoms with Crippen molar-refractivity contribution in [2.24, 2.45) is 5.73 Å². The fourth-order valence-electron chi connectivity index (χ4n) is 2.41. The summed E-state index contributed by atoms with van der Waals surface area (Å²) in [5.74, 6) is -0.361. The number of hydrogen-bond acceptors (Lipinski definition) is 4.